The number of aromatic amines is 2. The summed E-state index contributed by atoms with van der Waals surface area (Å²) in [6.07, 6.45) is 15.6. The molecule has 0 saturated heterocycles. The number of nitrogens with zero attached hydrogens (tertiary/aromatic N) is 2. The van der Waals surface area contributed by atoms with Crippen LogP contribution in [0.1, 0.15) is 93.1 Å². The average Bonchev–Trinajstić information content (AvgIpc) is 3.92. The van der Waals surface area contributed by atoms with E-state index in [9.17, 15) is 4.79 Å². The van der Waals surface area contributed by atoms with E-state index < -0.39 is 0 Å². The van der Waals surface area contributed by atoms with Crippen molar-refractivity contribution >= 4 is 63.1 Å². The number of carbonyl (C=O) groups excluding carboxylic acids is 1. The summed E-state index contributed by atoms with van der Waals surface area (Å²) >= 11 is 0. The van der Waals surface area contributed by atoms with Gasteiger partial charge in [0.05, 0.1) is 29.4 Å². The standard InChI is InChI=1S/C22H30O2.C20H14N4/c1-3-5-6-7-11-19(16-17-22(23)24-4-2)21-15-10-13-18-12-8-9-14-20(18)21;1-2-14-10-16-5-6-18(23-16)12-20-8-7-19(24-20)11-17-4-3-15(22-17)9-13(1)21-14/h8-10,12-15,19H,3-7,11,16-17H2,1-2H3;1-12,21-22H. The van der Waals surface area contributed by atoms with E-state index in [-0.39, 0.29) is 5.97 Å². The minimum absolute atomic E-state index is 0.0729. The third-order valence-corrected chi connectivity index (χ3v) is 8.71. The molecule has 0 aliphatic carbocycles. The Morgan fingerprint density at radius 3 is 1.85 bits per heavy atom. The quantitative estimate of drug-likeness (QED) is 0.116. The van der Waals surface area contributed by atoms with Crippen LogP contribution in [-0.2, 0) is 9.53 Å². The molecule has 5 aromatic rings. The predicted octanol–water partition coefficient (Wildman–Crippen LogP) is 10.9. The van der Waals surface area contributed by atoms with Crippen molar-refractivity contribution in [1.29, 1.82) is 0 Å². The maximum atomic E-state index is 11.8. The van der Waals surface area contributed by atoms with Gasteiger partial charge >= 0.3 is 5.97 Å². The van der Waals surface area contributed by atoms with Crippen LogP contribution in [0.2, 0.25) is 0 Å². The van der Waals surface area contributed by atoms with Gasteiger partial charge in [-0.1, -0.05) is 75.1 Å². The van der Waals surface area contributed by atoms with Gasteiger partial charge in [0.2, 0.25) is 0 Å². The number of esters is 1. The second-order valence-electron chi connectivity index (χ2n) is 12.4. The fourth-order valence-electron chi connectivity index (χ4n) is 6.35. The Kier molecular flexibility index (Phi) is 10.9. The molecule has 2 aliphatic heterocycles. The van der Waals surface area contributed by atoms with Crippen LogP contribution in [0, 0.1) is 0 Å². The number of benzene rings is 2. The smallest absolute Gasteiger partial charge is 0.305 e. The number of H-pyrrole nitrogens is 2. The second-order valence-corrected chi connectivity index (χ2v) is 12.4. The van der Waals surface area contributed by atoms with E-state index in [1.165, 1.54) is 42.0 Å². The van der Waals surface area contributed by atoms with Gasteiger partial charge < -0.3 is 14.7 Å². The van der Waals surface area contributed by atoms with E-state index in [2.05, 4.69) is 99.7 Å². The lowest BCUT2D eigenvalue weighted by Gasteiger charge is -2.19. The lowest BCUT2D eigenvalue weighted by atomic mass is 9.86. The molecule has 0 saturated carbocycles. The number of fused-ring (bicyclic) bond motifs is 9. The van der Waals surface area contributed by atoms with Crippen molar-refractivity contribution in [3.8, 4) is 0 Å². The minimum atomic E-state index is -0.0729. The van der Waals surface area contributed by atoms with Crippen molar-refractivity contribution in [2.45, 2.75) is 64.7 Å². The summed E-state index contributed by atoms with van der Waals surface area (Å²) in [5.41, 5.74) is 9.24. The van der Waals surface area contributed by atoms with E-state index in [0.717, 1.165) is 57.7 Å². The molecule has 7 rings (SSSR count). The zero-order chi connectivity index (χ0) is 33.1. The average molecular weight is 637 g/mol. The van der Waals surface area contributed by atoms with Crippen molar-refractivity contribution in [1.82, 2.24) is 19.9 Å². The Hall–Kier alpha value is -5.23. The fourth-order valence-corrected chi connectivity index (χ4v) is 6.35. The highest BCUT2D eigenvalue weighted by Crippen LogP contribution is 2.33. The number of ether oxygens (including phenoxy) is 1. The van der Waals surface area contributed by atoms with Crippen LogP contribution >= 0.6 is 0 Å². The number of hydrogen-bond acceptors (Lipinski definition) is 4. The second kappa shape index (κ2) is 16.1. The highest BCUT2D eigenvalue weighted by Gasteiger charge is 2.16. The minimum Gasteiger partial charge on any atom is -0.466 e. The van der Waals surface area contributed by atoms with Gasteiger partial charge in [-0.25, -0.2) is 9.97 Å². The van der Waals surface area contributed by atoms with Crippen molar-refractivity contribution in [2.24, 2.45) is 0 Å². The first kappa shape index (κ1) is 32.7. The summed E-state index contributed by atoms with van der Waals surface area (Å²) in [6.45, 7) is 4.57. The number of rotatable bonds is 10. The Morgan fingerprint density at radius 1 is 0.646 bits per heavy atom. The van der Waals surface area contributed by atoms with Gasteiger partial charge in [-0.05, 0) is 115 Å². The lowest BCUT2D eigenvalue weighted by Crippen LogP contribution is -2.08. The molecule has 1 unspecified atom stereocenters. The summed E-state index contributed by atoms with van der Waals surface area (Å²) in [7, 11) is 0. The van der Waals surface area contributed by atoms with Gasteiger partial charge in [-0.15, -0.1) is 0 Å². The van der Waals surface area contributed by atoms with Crippen molar-refractivity contribution < 1.29 is 9.53 Å². The molecule has 5 heterocycles. The molecule has 244 valence electrons. The molecule has 1 atom stereocenters. The molecule has 2 aromatic carbocycles. The van der Waals surface area contributed by atoms with Crippen molar-refractivity contribution in [2.75, 3.05) is 6.61 Å². The molecule has 0 radical (unpaired) electrons. The summed E-state index contributed by atoms with van der Waals surface area (Å²) in [4.78, 5) is 27.8. The number of carbonyl (C=O) groups is 1. The largest absolute Gasteiger partial charge is 0.466 e. The number of aromatic nitrogens is 4. The lowest BCUT2D eigenvalue weighted by molar-refractivity contribution is -0.143. The van der Waals surface area contributed by atoms with Gasteiger partial charge in [0, 0.05) is 28.5 Å². The normalized spacial score (nSPS) is 12.5. The van der Waals surface area contributed by atoms with Gasteiger partial charge in [-0.3, -0.25) is 4.79 Å². The van der Waals surface area contributed by atoms with Gasteiger partial charge in [-0.2, -0.15) is 0 Å². The van der Waals surface area contributed by atoms with Crippen LogP contribution in [0.4, 0.5) is 0 Å². The molecule has 3 aromatic heterocycles. The SMILES string of the molecule is C1=Cc2cc3ccc(cc4ccc(cc5nc(cc1n2)C=C5)[nH]4)[nH]3.CCCCCCC(CCC(=O)OCC)c1cccc2ccccc12. The third-order valence-electron chi connectivity index (χ3n) is 8.71. The summed E-state index contributed by atoms with van der Waals surface area (Å²) < 4.78 is 5.12. The molecule has 6 nitrogen and oxygen atoms in total. The van der Waals surface area contributed by atoms with Crippen LogP contribution in [0.3, 0.4) is 0 Å². The van der Waals surface area contributed by atoms with E-state index in [1.807, 2.05) is 49.4 Å². The summed E-state index contributed by atoms with van der Waals surface area (Å²) in [5.74, 6) is 0.355. The van der Waals surface area contributed by atoms with Crippen LogP contribution in [0.15, 0.2) is 91.0 Å². The first-order valence-electron chi connectivity index (χ1n) is 17.2. The van der Waals surface area contributed by atoms with Crippen LogP contribution in [-0.4, -0.2) is 32.5 Å². The van der Waals surface area contributed by atoms with Gasteiger partial charge in [0.25, 0.3) is 0 Å². The van der Waals surface area contributed by atoms with Gasteiger partial charge in [0.15, 0.2) is 0 Å². The fraction of sp³-hybridized carbons (Fsp3) is 0.262. The molecular formula is C42H44N4O2. The maximum Gasteiger partial charge on any atom is 0.305 e. The molecule has 6 heteroatoms. The number of hydrogen-bond donors (Lipinski definition) is 2. The third kappa shape index (κ3) is 8.77. The molecule has 0 fully saturated rings. The van der Waals surface area contributed by atoms with Crippen molar-refractivity contribution in [3.63, 3.8) is 0 Å². The molecular weight excluding hydrogens is 592 g/mol. The topological polar surface area (TPSA) is 83.7 Å². The zero-order valence-electron chi connectivity index (χ0n) is 27.9. The highest BCUT2D eigenvalue weighted by atomic mass is 16.5. The van der Waals surface area contributed by atoms with Crippen LogP contribution < -0.4 is 0 Å². The van der Waals surface area contributed by atoms with Crippen molar-refractivity contribution in [3.05, 3.63) is 119 Å². The first-order chi connectivity index (χ1) is 23.6. The Balaban J connectivity index is 0.000000167. The molecule has 2 N–H and O–H groups in total. The summed E-state index contributed by atoms with van der Waals surface area (Å²) in [6, 6.07) is 31.5. The van der Waals surface area contributed by atoms with E-state index in [1.54, 1.807) is 0 Å². The first-order valence-corrected chi connectivity index (χ1v) is 17.2. The Labute approximate surface area is 282 Å². The number of nitrogens with one attached hydrogen (secondary N) is 2. The molecule has 0 spiro atoms. The summed E-state index contributed by atoms with van der Waals surface area (Å²) in [5, 5.41) is 2.61. The molecule has 0 amide bonds. The van der Waals surface area contributed by atoms with Crippen LogP contribution in [0.25, 0.3) is 57.1 Å². The maximum absolute atomic E-state index is 11.8. The van der Waals surface area contributed by atoms with E-state index in [0.29, 0.717) is 18.9 Å². The number of unbranched alkanes of at least 4 members (excludes halogenated alkanes) is 3. The Bertz CT molecular complexity index is 1990. The molecule has 2 aliphatic rings. The van der Waals surface area contributed by atoms with E-state index >= 15 is 0 Å². The van der Waals surface area contributed by atoms with E-state index in [4.69, 9.17) is 4.74 Å². The molecule has 48 heavy (non-hydrogen) atoms. The monoisotopic (exact) mass is 636 g/mol. The highest BCUT2D eigenvalue weighted by molar-refractivity contribution is 5.86. The Morgan fingerprint density at radius 2 is 1.23 bits per heavy atom. The zero-order valence-corrected chi connectivity index (χ0v) is 27.9. The van der Waals surface area contributed by atoms with Gasteiger partial charge in [0.1, 0.15) is 0 Å². The van der Waals surface area contributed by atoms with Crippen LogP contribution in [0.5, 0.6) is 0 Å². The predicted molar refractivity (Wildman–Crippen MR) is 200 cm³/mol. The molecule has 8 bridgehead atoms.